The zero-order chi connectivity index (χ0) is 15.2. The van der Waals surface area contributed by atoms with Crippen LogP contribution >= 0.6 is 27.3 Å². The Hall–Kier alpha value is -0.690. The van der Waals surface area contributed by atoms with Gasteiger partial charge >= 0.3 is 0 Å². The van der Waals surface area contributed by atoms with E-state index in [4.69, 9.17) is 0 Å². The van der Waals surface area contributed by atoms with Crippen LogP contribution in [0.15, 0.2) is 38.3 Å². The van der Waals surface area contributed by atoms with Crippen LogP contribution in [0.1, 0.15) is 29.2 Å². The normalized spacial score (nSPS) is 18.2. The third kappa shape index (κ3) is 2.59. The fourth-order valence-electron chi connectivity index (χ4n) is 2.78. The zero-order valence-corrected chi connectivity index (χ0v) is 15.1. The summed E-state index contributed by atoms with van der Waals surface area (Å²) in [7, 11) is -1.76. The van der Waals surface area contributed by atoms with Gasteiger partial charge < -0.3 is 0 Å². The highest BCUT2D eigenvalue weighted by Crippen LogP contribution is 2.39. The zero-order valence-electron chi connectivity index (χ0n) is 11.8. The van der Waals surface area contributed by atoms with Crippen molar-refractivity contribution in [3.05, 3.63) is 50.8 Å². The molecule has 0 amide bonds. The van der Waals surface area contributed by atoms with E-state index in [9.17, 15) is 8.42 Å². The summed E-state index contributed by atoms with van der Waals surface area (Å²) in [6, 6.07) is 9.78. The maximum atomic E-state index is 12.8. The maximum Gasteiger partial charge on any atom is 0.252 e. The van der Waals surface area contributed by atoms with Gasteiger partial charge in [-0.2, -0.15) is 4.31 Å². The van der Waals surface area contributed by atoms with Gasteiger partial charge in [0.2, 0.25) is 0 Å². The molecule has 1 unspecified atom stereocenters. The predicted molar refractivity (Wildman–Crippen MR) is 89.2 cm³/mol. The van der Waals surface area contributed by atoms with Crippen molar-refractivity contribution in [2.75, 3.05) is 7.05 Å². The average Bonchev–Trinajstić information content (AvgIpc) is 3.03. The first-order valence-electron chi connectivity index (χ1n) is 6.73. The van der Waals surface area contributed by atoms with E-state index in [0.29, 0.717) is 4.21 Å². The molecule has 21 heavy (non-hydrogen) atoms. The van der Waals surface area contributed by atoms with Crippen molar-refractivity contribution < 1.29 is 8.42 Å². The summed E-state index contributed by atoms with van der Waals surface area (Å²) in [6.07, 6.45) is 1.79. The monoisotopic (exact) mass is 385 g/mol. The number of rotatable bonds is 3. The lowest BCUT2D eigenvalue weighted by atomic mass is 10.1. The van der Waals surface area contributed by atoms with Crippen molar-refractivity contribution in [1.82, 2.24) is 4.31 Å². The number of hydrogen-bond donors (Lipinski definition) is 0. The van der Waals surface area contributed by atoms with Gasteiger partial charge in [-0.25, -0.2) is 8.42 Å². The van der Waals surface area contributed by atoms with Crippen LogP contribution in [0.3, 0.4) is 0 Å². The van der Waals surface area contributed by atoms with E-state index >= 15 is 0 Å². The van der Waals surface area contributed by atoms with Crippen molar-refractivity contribution in [1.29, 1.82) is 0 Å². The molecule has 2 aromatic rings. The third-order valence-electron chi connectivity index (χ3n) is 4.01. The molecule has 1 atom stereocenters. The molecular weight excluding hydrogens is 370 g/mol. The summed E-state index contributed by atoms with van der Waals surface area (Å²) in [4.78, 5) is 0. The summed E-state index contributed by atoms with van der Waals surface area (Å²) in [5.74, 6) is 0. The molecule has 112 valence electrons. The highest BCUT2D eigenvalue weighted by molar-refractivity contribution is 9.11. The summed E-state index contributed by atoms with van der Waals surface area (Å²) >= 11 is 4.68. The first-order chi connectivity index (χ1) is 9.91. The predicted octanol–water partition coefficient (Wildman–Crippen LogP) is 4.13. The van der Waals surface area contributed by atoms with Crippen molar-refractivity contribution in [2.24, 2.45) is 0 Å². The second kappa shape index (κ2) is 5.50. The van der Waals surface area contributed by atoms with Gasteiger partial charge in [0.1, 0.15) is 4.21 Å². The number of fused-ring (bicyclic) bond motifs is 1. The van der Waals surface area contributed by atoms with Crippen LogP contribution in [-0.2, 0) is 16.4 Å². The molecule has 0 N–H and O–H groups in total. The second-order valence-electron chi connectivity index (χ2n) is 5.30. The largest absolute Gasteiger partial charge is 0.252 e. The van der Waals surface area contributed by atoms with E-state index in [1.54, 1.807) is 13.1 Å². The summed E-state index contributed by atoms with van der Waals surface area (Å²) < 4.78 is 28.4. The second-order valence-corrected chi connectivity index (χ2v) is 9.89. The molecule has 1 aromatic heterocycles. The van der Waals surface area contributed by atoms with Gasteiger partial charge in [-0.1, -0.05) is 24.3 Å². The molecule has 0 radical (unpaired) electrons. The van der Waals surface area contributed by atoms with Crippen molar-refractivity contribution in [3.8, 4) is 0 Å². The fraction of sp³-hybridized carbons (Fsp3) is 0.333. The minimum Gasteiger partial charge on any atom is -0.206 e. The highest BCUT2D eigenvalue weighted by atomic mass is 79.9. The van der Waals surface area contributed by atoms with Gasteiger partial charge in [0, 0.05) is 7.05 Å². The van der Waals surface area contributed by atoms with Gasteiger partial charge in [0.05, 0.1) is 9.83 Å². The minimum absolute atomic E-state index is 0.0626. The third-order valence-corrected chi connectivity index (χ3v) is 8.46. The number of aryl methyl sites for hydroxylation is 2. The van der Waals surface area contributed by atoms with Gasteiger partial charge in [0.25, 0.3) is 10.0 Å². The average molecular weight is 386 g/mol. The van der Waals surface area contributed by atoms with Crippen molar-refractivity contribution in [2.45, 2.75) is 30.0 Å². The van der Waals surface area contributed by atoms with Crippen LogP contribution in [0.2, 0.25) is 0 Å². The van der Waals surface area contributed by atoms with Gasteiger partial charge in [-0.3, -0.25) is 0 Å². The van der Waals surface area contributed by atoms with Crippen LogP contribution in [0, 0.1) is 6.92 Å². The Morgan fingerprint density at radius 3 is 2.71 bits per heavy atom. The lowest BCUT2D eigenvalue weighted by molar-refractivity contribution is 0.375. The molecule has 0 bridgehead atoms. The Balaban J connectivity index is 1.97. The van der Waals surface area contributed by atoms with Crippen LogP contribution in [0.25, 0.3) is 0 Å². The Bertz CT molecular complexity index is 763. The lowest BCUT2D eigenvalue weighted by Crippen LogP contribution is -2.29. The van der Waals surface area contributed by atoms with Crippen LogP contribution < -0.4 is 0 Å². The van der Waals surface area contributed by atoms with Crippen LogP contribution in [0.5, 0.6) is 0 Å². The number of halogens is 1. The Labute approximate surface area is 137 Å². The van der Waals surface area contributed by atoms with Gasteiger partial charge in [-0.15, -0.1) is 11.3 Å². The SMILES string of the molecule is Cc1cc(S(=O)(=O)N(C)C2CCc3ccccc32)sc1Br. The quantitative estimate of drug-likeness (QED) is 0.796. The van der Waals surface area contributed by atoms with E-state index < -0.39 is 10.0 Å². The Morgan fingerprint density at radius 2 is 2.05 bits per heavy atom. The summed E-state index contributed by atoms with van der Waals surface area (Å²) in [5, 5.41) is 0. The van der Waals surface area contributed by atoms with E-state index in [1.165, 1.54) is 21.2 Å². The number of thiophene rings is 1. The van der Waals surface area contributed by atoms with Crippen LogP contribution in [0.4, 0.5) is 0 Å². The number of sulfonamides is 1. The Kier molecular flexibility index (Phi) is 3.98. The first kappa shape index (κ1) is 15.2. The van der Waals surface area contributed by atoms with Crippen LogP contribution in [-0.4, -0.2) is 19.8 Å². The molecular formula is C15H16BrNO2S2. The number of nitrogens with zero attached hydrogens (tertiary/aromatic N) is 1. The molecule has 1 aliphatic rings. The van der Waals surface area contributed by atoms with Gasteiger partial charge in [0.15, 0.2) is 0 Å². The van der Waals surface area contributed by atoms with Crippen molar-refractivity contribution in [3.63, 3.8) is 0 Å². The molecule has 1 heterocycles. The van der Waals surface area contributed by atoms with E-state index in [2.05, 4.69) is 22.0 Å². The standard InChI is InChI=1S/C15H16BrNO2S2/c1-10-9-14(20-15(10)16)21(18,19)17(2)13-8-7-11-5-3-4-6-12(11)13/h3-6,9,13H,7-8H2,1-2H3. The van der Waals surface area contributed by atoms with E-state index in [1.807, 2.05) is 25.1 Å². The number of benzene rings is 1. The molecule has 1 aliphatic carbocycles. The Morgan fingerprint density at radius 1 is 1.33 bits per heavy atom. The van der Waals surface area contributed by atoms with Crippen molar-refractivity contribution >= 4 is 37.3 Å². The molecule has 3 nitrogen and oxygen atoms in total. The maximum absolute atomic E-state index is 12.8. The molecule has 0 saturated carbocycles. The topological polar surface area (TPSA) is 37.4 Å². The molecule has 1 aromatic carbocycles. The fourth-order valence-corrected chi connectivity index (χ4v) is 6.56. The molecule has 0 aliphatic heterocycles. The molecule has 6 heteroatoms. The number of hydrogen-bond acceptors (Lipinski definition) is 3. The van der Waals surface area contributed by atoms with E-state index in [-0.39, 0.29) is 6.04 Å². The summed E-state index contributed by atoms with van der Waals surface area (Å²) in [6.45, 7) is 1.91. The smallest absolute Gasteiger partial charge is 0.206 e. The molecule has 0 saturated heterocycles. The minimum atomic E-state index is -3.44. The molecule has 0 spiro atoms. The molecule has 0 fully saturated rings. The van der Waals surface area contributed by atoms with E-state index in [0.717, 1.165) is 27.8 Å². The lowest BCUT2D eigenvalue weighted by Gasteiger charge is -2.24. The highest BCUT2D eigenvalue weighted by Gasteiger charge is 2.34. The first-order valence-corrected chi connectivity index (χ1v) is 9.78. The molecule has 3 rings (SSSR count). The summed E-state index contributed by atoms with van der Waals surface area (Å²) in [5.41, 5.74) is 3.35. The van der Waals surface area contributed by atoms with Gasteiger partial charge in [-0.05, 0) is 58.5 Å².